The molecule has 1 aromatic heterocycles. The van der Waals surface area contributed by atoms with Gasteiger partial charge in [0.2, 0.25) is 0 Å². The predicted molar refractivity (Wildman–Crippen MR) is 87.3 cm³/mol. The van der Waals surface area contributed by atoms with Crippen molar-refractivity contribution in [3.63, 3.8) is 0 Å². The van der Waals surface area contributed by atoms with Gasteiger partial charge in [-0.2, -0.15) is 0 Å². The minimum Gasteiger partial charge on any atom is -0.497 e. The second-order valence-electron chi connectivity index (χ2n) is 5.24. The summed E-state index contributed by atoms with van der Waals surface area (Å²) in [7, 11) is 1.62. The molecule has 5 heteroatoms. The maximum absolute atomic E-state index is 13.6. The highest BCUT2D eigenvalue weighted by Crippen LogP contribution is 2.18. The summed E-state index contributed by atoms with van der Waals surface area (Å²) in [5.41, 5.74) is 2.08. The highest BCUT2D eigenvalue weighted by atomic mass is 19.1. The lowest BCUT2D eigenvalue weighted by Crippen LogP contribution is -2.25. The number of carbonyl (C=O) groups is 1. The second-order valence-corrected chi connectivity index (χ2v) is 5.24. The van der Waals surface area contributed by atoms with Crippen molar-refractivity contribution in [1.82, 2.24) is 10.3 Å². The molecule has 0 bridgehead atoms. The normalized spacial score (nSPS) is 10.7. The Balaban J connectivity index is 1.60. The molecule has 23 heavy (non-hydrogen) atoms. The summed E-state index contributed by atoms with van der Waals surface area (Å²) in [6.45, 7) is 0.503. The molecule has 0 unspecified atom stereocenters. The average Bonchev–Trinajstić information content (AvgIpc) is 3.01. The molecule has 3 aromatic rings. The first-order valence-corrected chi connectivity index (χ1v) is 7.36. The number of halogens is 1. The van der Waals surface area contributed by atoms with Crippen LogP contribution < -0.4 is 10.1 Å². The molecule has 0 atom stereocenters. The quantitative estimate of drug-likeness (QED) is 0.759. The number of rotatable bonds is 5. The summed E-state index contributed by atoms with van der Waals surface area (Å²) in [5.74, 6) is 0.225. The maximum Gasteiger partial charge on any atom is 0.267 e. The number of methoxy groups -OCH3 is 1. The van der Waals surface area contributed by atoms with Gasteiger partial charge >= 0.3 is 0 Å². The van der Waals surface area contributed by atoms with Crippen LogP contribution in [0.1, 0.15) is 16.1 Å². The van der Waals surface area contributed by atoms with Gasteiger partial charge in [0.05, 0.1) is 7.11 Å². The van der Waals surface area contributed by atoms with Crippen molar-refractivity contribution in [1.29, 1.82) is 0 Å². The number of aromatic amines is 1. The third kappa shape index (κ3) is 3.34. The molecule has 0 radical (unpaired) electrons. The van der Waals surface area contributed by atoms with E-state index in [9.17, 15) is 9.18 Å². The Morgan fingerprint density at radius 3 is 2.70 bits per heavy atom. The standard InChI is InChI=1S/C18H17FN2O2/c1-23-13-7-5-12(6-8-13)9-10-20-18(22)17-11-14-15(19)3-2-4-16(14)21-17/h2-8,11,21H,9-10H2,1H3,(H,20,22). The molecule has 0 fully saturated rings. The average molecular weight is 312 g/mol. The molecule has 0 aliphatic rings. The zero-order valence-corrected chi connectivity index (χ0v) is 12.7. The Morgan fingerprint density at radius 2 is 2.00 bits per heavy atom. The fraction of sp³-hybridized carbons (Fsp3) is 0.167. The first kappa shape index (κ1) is 15.1. The Kier molecular flexibility index (Phi) is 4.28. The molecule has 1 heterocycles. The topological polar surface area (TPSA) is 54.1 Å². The molecule has 0 saturated heterocycles. The third-order valence-corrected chi connectivity index (χ3v) is 3.71. The zero-order valence-electron chi connectivity index (χ0n) is 12.7. The molecule has 0 spiro atoms. The number of ether oxygens (including phenoxy) is 1. The van der Waals surface area contributed by atoms with Gasteiger partial charge in [-0.25, -0.2) is 4.39 Å². The van der Waals surface area contributed by atoms with Gasteiger partial charge in [0.25, 0.3) is 5.91 Å². The molecular weight excluding hydrogens is 295 g/mol. The summed E-state index contributed by atoms with van der Waals surface area (Å²) < 4.78 is 18.7. The fourth-order valence-corrected chi connectivity index (χ4v) is 2.45. The number of carbonyl (C=O) groups excluding carboxylic acids is 1. The zero-order chi connectivity index (χ0) is 16.2. The molecule has 2 aromatic carbocycles. The minimum absolute atomic E-state index is 0.242. The monoisotopic (exact) mass is 312 g/mol. The SMILES string of the molecule is COc1ccc(CCNC(=O)c2cc3c(F)cccc3[nH]2)cc1. The van der Waals surface area contributed by atoms with E-state index in [1.807, 2.05) is 24.3 Å². The van der Waals surface area contributed by atoms with Crippen LogP contribution in [0.5, 0.6) is 5.75 Å². The van der Waals surface area contributed by atoms with E-state index in [-0.39, 0.29) is 11.7 Å². The van der Waals surface area contributed by atoms with Crippen molar-refractivity contribution in [2.24, 2.45) is 0 Å². The summed E-state index contributed by atoms with van der Waals surface area (Å²) >= 11 is 0. The second kappa shape index (κ2) is 6.52. The highest BCUT2D eigenvalue weighted by Gasteiger charge is 2.11. The summed E-state index contributed by atoms with van der Waals surface area (Å²) in [5, 5.41) is 3.26. The minimum atomic E-state index is -0.337. The van der Waals surface area contributed by atoms with Crippen LogP contribution in [0.3, 0.4) is 0 Å². The van der Waals surface area contributed by atoms with Gasteiger partial charge in [0.1, 0.15) is 17.3 Å². The maximum atomic E-state index is 13.6. The number of nitrogens with one attached hydrogen (secondary N) is 2. The van der Waals surface area contributed by atoms with E-state index in [2.05, 4.69) is 10.3 Å². The summed E-state index contributed by atoms with van der Waals surface area (Å²) in [6, 6.07) is 14.0. The molecular formula is C18H17FN2O2. The Labute approximate surface area is 133 Å². The first-order valence-electron chi connectivity index (χ1n) is 7.36. The summed E-state index contributed by atoms with van der Waals surface area (Å²) in [6.07, 6.45) is 0.713. The molecule has 0 aliphatic carbocycles. The van der Waals surface area contributed by atoms with Crippen LogP contribution in [-0.2, 0) is 6.42 Å². The van der Waals surface area contributed by atoms with Crippen LogP contribution in [-0.4, -0.2) is 24.5 Å². The number of benzene rings is 2. The largest absolute Gasteiger partial charge is 0.497 e. The number of hydrogen-bond acceptors (Lipinski definition) is 2. The fourth-order valence-electron chi connectivity index (χ4n) is 2.45. The van der Waals surface area contributed by atoms with Crippen LogP contribution in [0.2, 0.25) is 0 Å². The lowest BCUT2D eigenvalue weighted by Gasteiger charge is -2.05. The Morgan fingerprint density at radius 1 is 1.22 bits per heavy atom. The summed E-state index contributed by atoms with van der Waals surface area (Å²) in [4.78, 5) is 15.1. The van der Waals surface area contributed by atoms with Crippen molar-refractivity contribution in [2.75, 3.05) is 13.7 Å². The van der Waals surface area contributed by atoms with Crippen LogP contribution in [0.25, 0.3) is 10.9 Å². The lowest BCUT2D eigenvalue weighted by atomic mass is 10.1. The molecule has 118 valence electrons. The van der Waals surface area contributed by atoms with Crippen molar-refractivity contribution >= 4 is 16.8 Å². The number of aromatic nitrogens is 1. The van der Waals surface area contributed by atoms with E-state index in [1.54, 1.807) is 19.2 Å². The first-order chi connectivity index (χ1) is 11.2. The van der Waals surface area contributed by atoms with Crippen molar-refractivity contribution in [3.05, 3.63) is 65.6 Å². The number of fused-ring (bicyclic) bond motifs is 1. The number of hydrogen-bond donors (Lipinski definition) is 2. The van der Waals surface area contributed by atoms with E-state index >= 15 is 0 Å². The van der Waals surface area contributed by atoms with Gasteiger partial charge in [-0.05, 0) is 42.3 Å². The van der Waals surface area contributed by atoms with Gasteiger partial charge in [-0.3, -0.25) is 4.79 Å². The van der Waals surface area contributed by atoms with Gasteiger partial charge in [-0.1, -0.05) is 18.2 Å². The van der Waals surface area contributed by atoms with Crippen LogP contribution in [0.15, 0.2) is 48.5 Å². The van der Waals surface area contributed by atoms with E-state index in [4.69, 9.17) is 4.74 Å². The van der Waals surface area contributed by atoms with E-state index < -0.39 is 0 Å². The van der Waals surface area contributed by atoms with Crippen molar-refractivity contribution in [3.8, 4) is 5.75 Å². The van der Waals surface area contributed by atoms with Crippen molar-refractivity contribution in [2.45, 2.75) is 6.42 Å². The van der Waals surface area contributed by atoms with Gasteiger partial charge in [-0.15, -0.1) is 0 Å². The Bertz CT molecular complexity index is 825. The van der Waals surface area contributed by atoms with E-state index in [1.165, 1.54) is 12.1 Å². The molecule has 2 N–H and O–H groups in total. The van der Waals surface area contributed by atoms with Crippen LogP contribution in [0.4, 0.5) is 4.39 Å². The molecule has 0 aliphatic heterocycles. The number of amides is 1. The van der Waals surface area contributed by atoms with Crippen LogP contribution >= 0.6 is 0 Å². The molecule has 4 nitrogen and oxygen atoms in total. The lowest BCUT2D eigenvalue weighted by molar-refractivity contribution is 0.0950. The predicted octanol–water partition coefficient (Wildman–Crippen LogP) is 3.29. The molecule has 1 amide bonds. The Hall–Kier alpha value is -2.82. The van der Waals surface area contributed by atoms with Gasteiger partial charge < -0.3 is 15.0 Å². The number of H-pyrrole nitrogens is 1. The van der Waals surface area contributed by atoms with E-state index in [0.29, 0.717) is 29.6 Å². The molecule has 3 rings (SSSR count). The smallest absolute Gasteiger partial charge is 0.267 e. The van der Waals surface area contributed by atoms with Crippen molar-refractivity contribution < 1.29 is 13.9 Å². The van der Waals surface area contributed by atoms with Gasteiger partial charge in [0, 0.05) is 17.4 Å². The highest BCUT2D eigenvalue weighted by molar-refractivity contribution is 5.98. The van der Waals surface area contributed by atoms with E-state index in [0.717, 1.165) is 11.3 Å². The van der Waals surface area contributed by atoms with Gasteiger partial charge in [0.15, 0.2) is 0 Å². The van der Waals surface area contributed by atoms with Crippen LogP contribution in [0, 0.1) is 5.82 Å². The third-order valence-electron chi connectivity index (χ3n) is 3.71. The molecule has 0 saturated carbocycles.